The summed E-state index contributed by atoms with van der Waals surface area (Å²) in [6, 6.07) is 0. The Hall–Kier alpha value is -0.370. The largest absolute Gasteiger partial charge is 0.428 e. The van der Waals surface area contributed by atoms with Gasteiger partial charge in [0.25, 0.3) is 0 Å². The van der Waals surface area contributed by atoms with Gasteiger partial charge >= 0.3 is 21.8 Å². The molecule has 0 aromatic carbocycles. The smallest absolute Gasteiger partial charge is 0.265 e. The van der Waals surface area contributed by atoms with Crippen molar-refractivity contribution in [2.45, 2.75) is 50.7 Å². The Morgan fingerprint density at radius 2 is 1.65 bits per heavy atom. The normalized spacial score (nSPS) is 13.3. The molecule has 0 aromatic heterocycles. The molecule has 0 N–H and O–H groups in total. The Morgan fingerprint density at radius 3 is 2.12 bits per heavy atom. The molecule has 0 saturated carbocycles. The average molecular weight is 280 g/mol. The van der Waals surface area contributed by atoms with Gasteiger partial charge in [0, 0.05) is 0 Å². The first-order chi connectivity index (χ1) is 7.75. The van der Waals surface area contributed by atoms with E-state index in [1.165, 1.54) is 0 Å². The van der Waals surface area contributed by atoms with Crippen LogP contribution in [0.5, 0.6) is 0 Å². The number of unbranched alkanes of at least 4 members (excludes halogenated alkanes) is 4. The predicted molar refractivity (Wildman–Crippen MR) is 54.6 cm³/mol. The van der Waals surface area contributed by atoms with Crippen molar-refractivity contribution in [2.75, 3.05) is 6.61 Å². The van der Waals surface area contributed by atoms with E-state index < -0.39 is 28.4 Å². The van der Waals surface area contributed by atoms with E-state index in [1.807, 2.05) is 6.92 Å². The Balaban J connectivity index is 4.03. The van der Waals surface area contributed by atoms with E-state index in [9.17, 15) is 26.0 Å². The van der Waals surface area contributed by atoms with Crippen LogP contribution in [0.3, 0.4) is 0 Å². The molecule has 0 bridgehead atoms. The summed E-state index contributed by atoms with van der Waals surface area (Å²) in [6.07, 6.45) is -0.678. The summed E-state index contributed by atoms with van der Waals surface area (Å²) in [5.41, 5.74) is 0. The van der Waals surface area contributed by atoms with E-state index in [-0.39, 0.29) is 6.42 Å². The monoisotopic (exact) mass is 280 g/mol. The topological polar surface area (TPSA) is 43.4 Å². The minimum absolute atomic E-state index is 0.249. The molecule has 0 saturated heterocycles. The first-order valence-corrected chi connectivity index (χ1v) is 6.71. The van der Waals surface area contributed by atoms with Gasteiger partial charge < -0.3 is 0 Å². The molecule has 0 atom stereocenters. The first kappa shape index (κ1) is 16.6. The zero-order chi connectivity index (χ0) is 13.5. The van der Waals surface area contributed by atoms with Gasteiger partial charge in [-0.25, -0.2) is 8.78 Å². The quantitative estimate of drug-likeness (QED) is 0.370. The molecule has 0 aliphatic rings. The summed E-state index contributed by atoms with van der Waals surface area (Å²) in [7, 11) is -5.54. The second-order valence-electron chi connectivity index (χ2n) is 3.55. The maximum Gasteiger partial charge on any atom is 0.428 e. The zero-order valence-electron chi connectivity index (χ0n) is 9.46. The first-order valence-electron chi connectivity index (χ1n) is 5.30. The van der Waals surface area contributed by atoms with E-state index in [1.54, 1.807) is 0 Å². The highest BCUT2D eigenvalue weighted by Gasteiger charge is 2.55. The average Bonchev–Trinajstić information content (AvgIpc) is 2.22. The van der Waals surface area contributed by atoms with Crippen LogP contribution in [0, 0.1) is 0 Å². The molecule has 0 unspecified atom stereocenters. The van der Waals surface area contributed by atoms with E-state index in [4.69, 9.17) is 0 Å². The second-order valence-corrected chi connectivity index (χ2v) is 5.24. The van der Waals surface area contributed by atoms with E-state index in [0.29, 0.717) is 6.42 Å². The van der Waals surface area contributed by atoms with Crippen LogP contribution in [0.2, 0.25) is 0 Å². The fourth-order valence-electron chi connectivity index (χ4n) is 1.06. The highest BCUT2D eigenvalue weighted by molar-refractivity contribution is 7.87. The van der Waals surface area contributed by atoms with Crippen LogP contribution in [0.4, 0.5) is 17.6 Å². The molecule has 0 amide bonds. The van der Waals surface area contributed by atoms with Crippen LogP contribution >= 0.6 is 0 Å². The third-order valence-electron chi connectivity index (χ3n) is 2.07. The van der Waals surface area contributed by atoms with Gasteiger partial charge in [0.2, 0.25) is 0 Å². The lowest BCUT2D eigenvalue weighted by molar-refractivity contribution is -0.0708. The number of hydrogen-bond donors (Lipinski definition) is 0. The summed E-state index contributed by atoms with van der Waals surface area (Å²) in [5, 5.41) is -5.14. The van der Waals surface area contributed by atoms with E-state index in [2.05, 4.69) is 4.18 Å². The fourth-order valence-corrected chi connectivity index (χ4v) is 1.77. The van der Waals surface area contributed by atoms with Gasteiger partial charge in [0.1, 0.15) is 0 Å². The molecule has 0 heterocycles. The number of alkyl halides is 4. The van der Waals surface area contributed by atoms with Gasteiger partial charge in [0.15, 0.2) is 0 Å². The summed E-state index contributed by atoms with van der Waals surface area (Å²) >= 11 is 0. The predicted octanol–water partition coefficient (Wildman–Crippen LogP) is 3.16. The fraction of sp³-hybridized carbons (Fsp3) is 1.00. The van der Waals surface area contributed by atoms with Crippen LogP contribution in [0.15, 0.2) is 0 Å². The Bertz CT molecular complexity index is 303. The van der Waals surface area contributed by atoms with Crippen molar-refractivity contribution in [1.29, 1.82) is 0 Å². The van der Waals surface area contributed by atoms with Crippen molar-refractivity contribution in [3.8, 4) is 0 Å². The highest BCUT2D eigenvalue weighted by Crippen LogP contribution is 2.30. The molecule has 0 aliphatic carbocycles. The molecule has 0 radical (unpaired) electrons. The van der Waals surface area contributed by atoms with Gasteiger partial charge in [-0.3, -0.25) is 4.18 Å². The van der Waals surface area contributed by atoms with E-state index in [0.717, 1.165) is 19.3 Å². The summed E-state index contributed by atoms with van der Waals surface area (Å²) < 4.78 is 73.9. The maximum absolute atomic E-state index is 12.5. The maximum atomic E-state index is 12.5. The van der Waals surface area contributed by atoms with Crippen molar-refractivity contribution >= 4 is 10.1 Å². The minimum atomic E-state index is -5.54. The Morgan fingerprint density at radius 1 is 1.12 bits per heavy atom. The van der Waals surface area contributed by atoms with Crippen molar-refractivity contribution in [3.63, 3.8) is 0 Å². The molecular formula is C9H16F4O3S. The van der Waals surface area contributed by atoms with Gasteiger partial charge in [-0.2, -0.15) is 17.2 Å². The molecule has 3 nitrogen and oxygen atoms in total. The van der Waals surface area contributed by atoms with Crippen LogP contribution in [-0.2, 0) is 14.3 Å². The third kappa shape index (κ3) is 5.20. The molecule has 0 spiro atoms. The van der Waals surface area contributed by atoms with Gasteiger partial charge in [-0.1, -0.05) is 32.6 Å². The summed E-state index contributed by atoms with van der Waals surface area (Å²) in [6.45, 7) is 1.48. The minimum Gasteiger partial charge on any atom is -0.265 e. The molecule has 8 heteroatoms. The van der Waals surface area contributed by atoms with Crippen LogP contribution < -0.4 is 0 Å². The van der Waals surface area contributed by atoms with Crippen LogP contribution in [-0.4, -0.2) is 26.7 Å². The molecule has 17 heavy (non-hydrogen) atoms. The summed E-state index contributed by atoms with van der Waals surface area (Å²) in [4.78, 5) is 0. The van der Waals surface area contributed by atoms with Gasteiger partial charge in [-0.05, 0) is 6.42 Å². The van der Waals surface area contributed by atoms with Gasteiger partial charge in [-0.15, -0.1) is 0 Å². The van der Waals surface area contributed by atoms with Gasteiger partial charge in [0.05, 0.1) is 6.61 Å². The lowest BCUT2D eigenvalue weighted by Crippen LogP contribution is -2.37. The molecule has 0 fully saturated rings. The van der Waals surface area contributed by atoms with Crippen molar-refractivity contribution in [1.82, 2.24) is 0 Å². The Kier molecular flexibility index (Phi) is 6.99. The standard InChI is InChI=1S/C9H16F4O3S/c1-2-3-4-5-6-7-16-17(14,15)9(12,13)8(10)11/h8H,2-7H2,1H3. The van der Waals surface area contributed by atoms with Crippen molar-refractivity contribution in [3.05, 3.63) is 0 Å². The van der Waals surface area contributed by atoms with Crippen LogP contribution in [0.1, 0.15) is 39.0 Å². The molecular weight excluding hydrogens is 264 g/mol. The van der Waals surface area contributed by atoms with Crippen molar-refractivity contribution < 1.29 is 30.2 Å². The van der Waals surface area contributed by atoms with Crippen molar-refractivity contribution in [2.24, 2.45) is 0 Å². The van der Waals surface area contributed by atoms with E-state index >= 15 is 0 Å². The molecule has 0 aliphatic heterocycles. The Labute approximate surface area is 98.3 Å². The van der Waals surface area contributed by atoms with Crippen LogP contribution in [0.25, 0.3) is 0 Å². The lowest BCUT2D eigenvalue weighted by atomic mass is 10.2. The molecule has 0 rings (SSSR count). The molecule has 0 aromatic rings. The lowest BCUT2D eigenvalue weighted by Gasteiger charge is -2.15. The third-order valence-corrected chi connectivity index (χ3v) is 3.40. The zero-order valence-corrected chi connectivity index (χ0v) is 10.3. The molecule has 104 valence electrons. The second kappa shape index (κ2) is 7.15. The SMILES string of the molecule is CCCCCCCOS(=O)(=O)C(F)(F)C(F)F. The number of halogens is 4. The highest BCUT2D eigenvalue weighted by atomic mass is 32.2. The number of hydrogen-bond acceptors (Lipinski definition) is 3. The number of rotatable bonds is 9. The summed E-state index contributed by atoms with van der Waals surface area (Å²) in [5.74, 6) is 0.